The van der Waals surface area contributed by atoms with E-state index in [9.17, 15) is 4.79 Å². The van der Waals surface area contributed by atoms with Gasteiger partial charge < -0.3 is 14.9 Å². The minimum atomic E-state index is -0.745. The van der Waals surface area contributed by atoms with Crippen molar-refractivity contribution < 1.29 is 19.7 Å². The molecule has 1 unspecified atom stereocenters. The van der Waals surface area contributed by atoms with E-state index in [0.29, 0.717) is 13.2 Å². The number of aliphatic carboxylic acids is 1. The Hall–Kier alpha value is -0.870. The molecule has 13 heavy (non-hydrogen) atoms. The Morgan fingerprint density at radius 3 is 2.38 bits per heavy atom. The first kappa shape index (κ1) is 14.6. The Morgan fingerprint density at radius 1 is 1.69 bits per heavy atom. The van der Waals surface area contributed by atoms with E-state index in [4.69, 9.17) is 14.9 Å². The van der Waals surface area contributed by atoms with Crippen molar-refractivity contribution in [1.29, 1.82) is 0 Å². The molecule has 0 aromatic heterocycles. The van der Waals surface area contributed by atoms with Crippen molar-refractivity contribution in [2.24, 2.45) is 0 Å². The van der Waals surface area contributed by atoms with E-state index in [1.807, 2.05) is 0 Å². The molecule has 0 aliphatic carbocycles. The van der Waals surface area contributed by atoms with Crippen LogP contribution in [-0.4, -0.2) is 35.5 Å². The third-order valence-corrected chi connectivity index (χ3v) is 0.897. The molecule has 0 aromatic carbocycles. The average molecular weight is 190 g/mol. The summed E-state index contributed by atoms with van der Waals surface area (Å²) in [4.78, 5) is 9.37. The van der Waals surface area contributed by atoms with Gasteiger partial charge in [0, 0.05) is 6.42 Å². The Balaban J connectivity index is 0. The van der Waals surface area contributed by atoms with Crippen LogP contribution in [0.3, 0.4) is 0 Å². The summed E-state index contributed by atoms with van der Waals surface area (Å²) in [7, 11) is 0. The topological polar surface area (TPSA) is 66.8 Å². The molecule has 78 valence electrons. The van der Waals surface area contributed by atoms with Crippen LogP contribution in [0.25, 0.3) is 0 Å². The molecule has 0 saturated carbocycles. The number of rotatable bonds is 5. The van der Waals surface area contributed by atoms with E-state index in [-0.39, 0.29) is 12.5 Å². The van der Waals surface area contributed by atoms with Crippen LogP contribution in [0.1, 0.15) is 20.3 Å². The lowest BCUT2D eigenvalue weighted by Crippen LogP contribution is -2.09. The fourth-order valence-electron chi connectivity index (χ4n) is 0.322. The summed E-state index contributed by atoms with van der Waals surface area (Å²) >= 11 is 0. The molecule has 0 heterocycles. The lowest BCUT2D eigenvalue weighted by Gasteiger charge is -2.01. The number of ether oxygens (including phenoxy) is 1. The number of hydrogen-bond donors (Lipinski definition) is 2. The second-order valence-corrected chi connectivity index (χ2v) is 2.42. The Kier molecular flexibility index (Phi) is 12.5. The van der Waals surface area contributed by atoms with Gasteiger partial charge in [-0.05, 0) is 6.92 Å². The summed E-state index contributed by atoms with van der Waals surface area (Å²) in [6.45, 7) is 7.65. The van der Waals surface area contributed by atoms with Crippen molar-refractivity contribution in [3.05, 3.63) is 12.7 Å². The van der Waals surface area contributed by atoms with Crippen LogP contribution in [0, 0.1) is 0 Å². The van der Waals surface area contributed by atoms with E-state index < -0.39 is 5.97 Å². The van der Waals surface area contributed by atoms with Gasteiger partial charge in [-0.1, -0.05) is 13.0 Å². The molecule has 0 rings (SSSR count). The number of aliphatic hydroxyl groups is 1. The monoisotopic (exact) mass is 190 g/mol. The van der Waals surface area contributed by atoms with Gasteiger partial charge in [0.25, 0.3) is 0 Å². The molecule has 2 N–H and O–H groups in total. The Bertz CT molecular complexity index is 132. The van der Waals surface area contributed by atoms with Crippen molar-refractivity contribution >= 4 is 5.97 Å². The van der Waals surface area contributed by atoms with Gasteiger partial charge in [-0.2, -0.15) is 0 Å². The Labute approximate surface area is 78.8 Å². The lowest BCUT2D eigenvalue weighted by molar-refractivity contribution is -0.136. The number of carboxylic acids is 1. The molecule has 0 aliphatic rings. The highest BCUT2D eigenvalue weighted by atomic mass is 16.5. The maximum Gasteiger partial charge on any atom is 0.303 e. The zero-order valence-electron chi connectivity index (χ0n) is 8.19. The molecular weight excluding hydrogens is 172 g/mol. The van der Waals surface area contributed by atoms with Gasteiger partial charge in [-0.25, -0.2) is 0 Å². The maximum absolute atomic E-state index is 9.37. The van der Waals surface area contributed by atoms with Crippen LogP contribution in [0.2, 0.25) is 0 Å². The first-order valence-corrected chi connectivity index (χ1v) is 4.13. The summed E-state index contributed by atoms with van der Waals surface area (Å²) in [5.74, 6) is -0.745. The summed E-state index contributed by atoms with van der Waals surface area (Å²) in [5, 5.41) is 16.3. The zero-order valence-corrected chi connectivity index (χ0v) is 8.19. The van der Waals surface area contributed by atoms with Crippen LogP contribution in [0.5, 0.6) is 0 Å². The van der Waals surface area contributed by atoms with Crippen LogP contribution < -0.4 is 0 Å². The second-order valence-electron chi connectivity index (χ2n) is 2.42. The molecule has 0 bridgehead atoms. The van der Waals surface area contributed by atoms with Gasteiger partial charge in [-0.15, -0.1) is 6.58 Å². The first-order chi connectivity index (χ1) is 6.04. The van der Waals surface area contributed by atoms with E-state index in [1.54, 1.807) is 19.9 Å². The Morgan fingerprint density at radius 2 is 2.15 bits per heavy atom. The standard InChI is InChI=1S/C6H12O2.C3H6O2/c1-3-4-8-5-6(2)7;1-2-3(4)5/h3,6-7H,1,4-5H2,2H3;2H2,1H3,(H,4,5). The molecule has 0 aromatic rings. The number of carboxylic acid groups (broad SMARTS) is 1. The van der Waals surface area contributed by atoms with E-state index in [1.165, 1.54) is 0 Å². The summed E-state index contributed by atoms with van der Waals surface area (Å²) < 4.78 is 4.88. The highest BCUT2D eigenvalue weighted by Crippen LogP contribution is 1.81. The van der Waals surface area contributed by atoms with Crippen molar-refractivity contribution in [2.75, 3.05) is 13.2 Å². The van der Waals surface area contributed by atoms with Crippen molar-refractivity contribution in [3.8, 4) is 0 Å². The minimum absolute atomic E-state index is 0.222. The molecule has 0 amide bonds. The largest absolute Gasteiger partial charge is 0.481 e. The number of hydrogen-bond acceptors (Lipinski definition) is 3. The molecule has 4 heteroatoms. The number of carbonyl (C=O) groups is 1. The van der Waals surface area contributed by atoms with Crippen LogP contribution in [0.4, 0.5) is 0 Å². The molecule has 0 aliphatic heterocycles. The summed E-state index contributed by atoms with van der Waals surface area (Å²) in [6, 6.07) is 0. The van der Waals surface area contributed by atoms with Gasteiger partial charge in [0.15, 0.2) is 0 Å². The fraction of sp³-hybridized carbons (Fsp3) is 0.667. The molecule has 0 saturated heterocycles. The normalized spacial score (nSPS) is 11.0. The third-order valence-electron chi connectivity index (χ3n) is 0.897. The molecular formula is C9H18O4. The molecule has 0 spiro atoms. The zero-order chi connectivity index (χ0) is 10.7. The molecule has 0 fully saturated rings. The predicted octanol–water partition coefficient (Wildman–Crippen LogP) is 1.05. The van der Waals surface area contributed by atoms with Gasteiger partial charge in [-0.3, -0.25) is 4.79 Å². The van der Waals surface area contributed by atoms with Crippen molar-refractivity contribution in [2.45, 2.75) is 26.4 Å². The van der Waals surface area contributed by atoms with E-state index in [2.05, 4.69) is 6.58 Å². The third kappa shape index (κ3) is 24.7. The smallest absolute Gasteiger partial charge is 0.303 e. The molecule has 0 radical (unpaired) electrons. The minimum Gasteiger partial charge on any atom is -0.481 e. The quantitative estimate of drug-likeness (QED) is 0.502. The SMILES string of the molecule is C=CCOCC(C)O.CCC(=O)O. The second kappa shape index (κ2) is 11.1. The van der Waals surface area contributed by atoms with E-state index in [0.717, 1.165) is 0 Å². The maximum atomic E-state index is 9.37. The highest BCUT2D eigenvalue weighted by Gasteiger charge is 1.90. The summed E-state index contributed by atoms with van der Waals surface area (Å²) in [5.41, 5.74) is 0. The number of aliphatic hydroxyl groups excluding tert-OH is 1. The molecule has 1 atom stereocenters. The van der Waals surface area contributed by atoms with Crippen LogP contribution >= 0.6 is 0 Å². The van der Waals surface area contributed by atoms with E-state index >= 15 is 0 Å². The van der Waals surface area contributed by atoms with Gasteiger partial charge in [0.1, 0.15) is 0 Å². The van der Waals surface area contributed by atoms with Gasteiger partial charge in [0.2, 0.25) is 0 Å². The fourth-order valence-corrected chi connectivity index (χ4v) is 0.322. The van der Waals surface area contributed by atoms with Crippen molar-refractivity contribution in [3.63, 3.8) is 0 Å². The summed E-state index contributed by atoms with van der Waals surface area (Å²) in [6.07, 6.45) is 1.51. The van der Waals surface area contributed by atoms with Crippen molar-refractivity contribution in [1.82, 2.24) is 0 Å². The predicted molar refractivity (Wildman–Crippen MR) is 50.6 cm³/mol. The van der Waals surface area contributed by atoms with Crippen LogP contribution in [-0.2, 0) is 9.53 Å². The first-order valence-electron chi connectivity index (χ1n) is 4.13. The highest BCUT2D eigenvalue weighted by molar-refractivity contribution is 5.66. The van der Waals surface area contributed by atoms with Crippen LogP contribution in [0.15, 0.2) is 12.7 Å². The van der Waals surface area contributed by atoms with Gasteiger partial charge >= 0.3 is 5.97 Å². The lowest BCUT2D eigenvalue weighted by atomic mass is 10.4. The van der Waals surface area contributed by atoms with Gasteiger partial charge in [0.05, 0.1) is 19.3 Å². The average Bonchev–Trinajstić information content (AvgIpc) is 2.05. The molecule has 4 nitrogen and oxygen atoms in total.